The third kappa shape index (κ3) is 1.31. The van der Waals surface area contributed by atoms with Crippen LogP contribution in [0.1, 0.15) is 30.4 Å². The Morgan fingerprint density at radius 1 is 1.43 bits per heavy atom. The molecule has 0 amide bonds. The van der Waals surface area contributed by atoms with Crippen molar-refractivity contribution in [2.75, 3.05) is 7.11 Å². The minimum absolute atomic E-state index is 0.104. The van der Waals surface area contributed by atoms with Gasteiger partial charge in [0.25, 0.3) is 0 Å². The Kier molecular flexibility index (Phi) is 2.23. The van der Waals surface area contributed by atoms with E-state index in [1.54, 1.807) is 7.11 Å². The van der Waals surface area contributed by atoms with E-state index in [-0.39, 0.29) is 10.8 Å². The van der Waals surface area contributed by atoms with E-state index in [1.165, 1.54) is 11.1 Å². The fourth-order valence-corrected chi connectivity index (χ4v) is 2.45. The maximum atomic E-state index is 6.41. The van der Waals surface area contributed by atoms with Crippen LogP contribution in [0.2, 0.25) is 0 Å². The molecule has 1 aromatic rings. The van der Waals surface area contributed by atoms with Crippen molar-refractivity contribution in [3.8, 4) is 5.75 Å². The predicted octanol–water partition coefficient (Wildman–Crippen LogP) is 3.56. The SMILES string of the molecule is COc1cccc2c1CC(C)(C)C2Cl. The summed E-state index contributed by atoms with van der Waals surface area (Å²) in [5.74, 6) is 0.971. The number of ether oxygens (including phenoxy) is 1. The van der Waals surface area contributed by atoms with Gasteiger partial charge in [0.1, 0.15) is 5.75 Å². The van der Waals surface area contributed by atoms with Gasteiger partial charge in [-0.1, -0.05) is 26.0 Å². The van der Waals surface area contributed by atoms with E-state index >= 15 is 0 Å². The average Bonchev–Trinajstić information content (AvgIpc) is 2.38. The molecule has 0 saturated carbocycles. The van der Waals surface area contributed by atoms with E-state index in [9.17, 15) is 0 Å². The Hall–Kier alpha value is -0.690. The molecule has 0 heterocycles. The van der Waals surface area contributed by atoms with Crippen LogP contribution in [0.4, 0.5) is 0 Å². The van der Waals surface area contributed by atoms with Crippen LogP contribution < -0.4 is 4.74 Å². The molecular weight excluding hydrogens is 196 g/mol. The first-order valence-electron chi connectivity index (χ1n) is 4.86. The second-order valence-electron chi connectivity index (χ2n) is 4.56. The van der Waals surface area contributed by atoms with Gasteiger partial charge in [0, 0.05) is 0 Å². The quantitative estimate of drug-likeness (QED) is 0.644. The van der Waals surface area contributed by atoms with Gasteiger partial charge in [-0.3, -0.25) is 0 Å². The Labute approximate surface area is 90.0 Å². The summed E-state index contributed by atoms with van der Waals surface area (Å²) >= 11 is 6.41. The van der Waals surface area contributed by atoms with Crippen molar-refractivity contribution in [1.29, 1.82) is 0 Å². The smallest absolute Gasteiger partial charge is 0.122 e. The van der Waals surface area contributed by atoms with E-state index in [2.05, 4.69) is 19.9 Å². The number of hydrogen-bond donors (Lipinski definition) is 0. The molecule has 1 aliphatic carbocycles. The molecule has 1 atom stereocenters. The Bertz CT molecular complexity index is 357. The molecule has 1 aromatic carbocycles. The maximum absolute atomic E-state index is 6.41. The van der Waals surface area contributed by atoms with E-state index in [1.807, 2.05) is 12.1 Å². The number of benzene rings is 1. The molecule has 1 aliphatic rings. The van der Waals surface area contributed by atoms with Crippen molar-refractivity contribution in [2.24, 2.45) is 5.41 Å². The summed E-state index contributed by atoms with van der Waals surface area (Å²) in [4.78, 5) is 0. The molecule has 1 nitrogen and oxygen atoms in total. The van der Waals surface area contributed by atoms with Crippen molar-refractivity contribution in [1.82, 2.24) is 0 Å². The number of fused-ring (bicyclic) bond motifs is 1. The van der Waals surface area contributed by atoms with Gasteiger partial charge in [-0.2, -0.15) is 0 Å². The molecule has 0 N–H and O–H groups in total. The number of hydrogen-bond acceptors (Lipinski definition) is 1. The Morgan fingerprint density at radius 3 is 2.79 bits per heavy atom. The highest BCUT2D eigenvalue weighted by Crippen LogP contribution is 2.51. The van der Waals surface area contributed by atoms with Crippen LogP contribution in [0, 0.1) is 5.41 Å². The molecule has 0 spiro atoms. The van der Waals surface area contributed by atoms with Crippen molar-refractivity contribution in [3.05, 3.63) is 29.3 Å². The van der Waals surface area contributed by atoms with Crippen LogP contribution in [0.25, 0.3) is 0 Å². The summed E-state index contributed by atoms with van der Waals surface area (Å²) < 4.78 is 5.34. The van der Waals surface area contributed by atoms with Crippen molar-refractivity contribution < 1.29 is 4.74 Å². The Balaban J connectivity index is 2.53. The molecule has 1 unspecified atom stereocenters. The van der Waals surface area contributed by atoms with Crippen LogP contribution in [0.3, 0.4) is 0 Å². The summed E-state index contributed by atoms with van der Waals surface area (Å²) in [7, 11) is 1.71. The zero-order valence-electron chi connectivity index (χ0n) is 8.80. The first-order valence-corrected chi connectivity index (χ1v) is 5.30. The number of rotatable bonds is 1. The number of methoxy groups -OCH3 is 1. The largest absolute Gasteiger partial charge is 0.496 e. The van der Waals surface area contributed by atoms with Gasteiger partial charge in [-0.15, -0.1) is 11.6 Å². The maximum Gasteiger partial charge on any atom is 0.122 e. The molecule has 0 fully saturated rings. The fraction of sp³-hybridized carbons (Fsp3) is 0.500. The topological polar surface area (TPSA) is 9.23 Å². The van der Waals surface area contributed by atoms with Gasteiger partial charge in [-0.05, 0) is 29.0 Å². The van der Waals surface area contributed by atoms with E-state index in [0.29, 0.717) is 0 Å². The van der Waals surface area contributed by atoms with Gasteiger partial charge < -0.3 is 4.74 Å². The highest BCUT2D eigenvalue weighted by molar-refractivity contribution is 6.21. The molecule has 0 aliphatic heterocycles. The van der Waals surface area contributed by atoms with E-state index in [4.69, 9.17) is 16.3 Å². The average molecular weight is 211 g/mol. The minimum atomic E-state index is 0.104. The molecule has 2 rings (SSSR count). The summed E-state index contributed by atoms with van der Waals surface area (Å²) in [5.41, 5.74) is 2.65. The highest BCUT2D eigenvalue weighted by atomic mass is 35.5. The van der Waals surface area contributed by atoms with Gasteiger partial charge in [0.15, 0.2) is 0 Å². The molecule has 14 heavy (non-hydrogen) atoms. The molecule has 0 saturated heterocycles. The molecule has 76 valence electrons. The second-order valence-corrected chi connectivity index (χ2v) is 4.99. The number of halogens is 1. The van der Waals surface area contributed by atoms with Crippen LogP contribution in [0.15, 0.2) is 18.2 Å². The van der Waals surface area contributed by atoms with Gasteiger partial charge in [0.05, 0.1) is 12.5 Å². The Morgan fingerprint density at radius 2 is 2.14 bits per heavy atom. The summed E-state index contributed by atoms with van der Waals surface area (Å²) in [6.45, 7) is 4.40. The zero-order chi connectivity index (χ0) is 10.3. The normalized spacial score (nSPS) is 23.3. The van der Waals surface area contributed by atoms with Gasteiger partial charge in [-0.25, -0.2) is 0 Å². The van der Waals surface area contributed by atoms with Crippen molar-refractivity contribution in [2.45, 2.75) is 25.6 Å². The molecule has 0 bridgehead atoms. The molecule has 2 heteroatoms. The van der Waals surface area contributed by atoms with Crippen LogP contribution in [-0.4, -0.2) is 7.11 Å². The molecule has 0 radical (unpaired) electrons. The van der Waals surface area contributed by atoms with E-state index < -0.39 is 0 Å². The first kappa shape index (κ1) is 9.85. The van der Waals surface area contributed by atoms with Crippen LogP contribution in [0.5, 0.6) is 5.75 Å². The highest BCUT2D eigenvalue weighted by Gasteiger charge is 2.38. The second kappa shape index (κ2) is 3.16. The van der Waals surface area contributed by atoms with Crippen LogP contribution >= 0.6 is 11.6 Å². The molecular formula is C12H15ClO. The van der Waals surface area contributed by atoms with Gasteiger partial charge >= 0.3 is 0 Å². The monoisotopic (exact) mass is 210 g/mol. The van der Waals surface area contributed by atoms with Crippen LogP contribution in [-0.2, 0) is 6.42 Å². The summed E-state index contributed by atoms with van der Waals surface area (Å²) in [6.07, 6.45) is 1.00. The standard InChI is InChI=1S/C12H15ClO/c1-12(2)7-9-8(11(12)13)5-4-6-10(9)14-3/h4-6,11H,7H2,1-3H3. The van der Waals surface area contributed by atoms with Crippen molar-refractivity contribution >= 4 is 11.6 Å². The lowest BCUT2D eigenvalue weighted by molar-refractivity contribution is 0.369. The third-order valence-corrected chi connectivity index (χ3v) is 3.81. The minimum Gasteiger partial charge on any atom is -0.496 e. The van der Waals surface area contributed by atoms with E-state index in [0.717, 1.165) is 12.2 Å². The summed E-state index contributed by atoms with van der Waals surface area (Å²) in [5, 5.41) is 0.104. The fourth-order valence-electron chi connectivity index (χ4n) is 2.17. The summed E-state index contributed by atoms with van der Waals surface area (Å²) in [6, 6.07) is 6.11. The van der Waals surface area contributed by atoms with Crippen molar-refractivity contribution in [3.63, 3.8) is 0 Å². The predicted molar refractivity (Wildman–Crippen MR) is 59.1 cm³/mol. The third-order valence-electron chi connectivity index (χ3n) is 2.98. The first-order chi connectivity index (χ1) is 6.56. The number of alkyl halides is 1. The lowest BCUT2D eigenvalue weighted by Crippen LogP contribution is -2.12. The lowest BCUT2D eigenvalue weighted by Gasteiger charge is -2.21. The zero-order valence-corrected chi connectivity index (χ0v) is 9.56. The molecule has 0 aromatic heterocycles. The van der Waals surface area contributed by atoms with Gasteiger partial charge in [0.2, 0.25) is 0 Å². The lowest BCUT2D eigenvalue weighted by atomic mass is 9.90.